The first kappa shape index (κ1) is 9.67. The summed E-state index contributed by atoms with van der Waals surface area (Å²) in [6.07, 6.45) is 5.98. The predicted molar refractivity (Wildman–Crippen MR) is 62.9 cm³/mol. The van der Waals surface area contributed by atoms with Crippen LogP contribution in [0.3, 0.4) is 0 Å². The van der Waals surface area contributed by atoms with Gasteiger partial charge in [0.15, 0.2) is 0 Å². The van der Waals surface area contributed by atoms with E-state index in [1.54, 1.807) is 12.5 Å². The second-order valence-corrected chi connectivity index (χ2v) is 4.43. The highest BCUT2D eigenvalue weighted by atomic mass is 16.3. The Morgan fingerprint density at radius 3 is 2.56 bits per heavy atom. The third-order valence-electron chi connectivity index (χ3n) is 3.29. The molecule has 1 aromatic heterocycles. The molecule has 0 aliphatic heterocycles. The van der Waals surface area contributed by atoms with Gasteiger partial charge in [-0.15, -0.1) is 0 Å². The first-order chi connectivity index (χ1) is 7.89. The summed E-state index contributed by atoms with van der Waals surface area (Å²) in [5.41, 5.74) is 2.83. The molecule has 0 atom stereocenters. The van der Waals surface area contributed by atoms with Crippen LogP contribution in [0.25, 0.3) is 0 Å². The van der Waals surface area contributed by atoms with Gasteiger partial charge in [-0.1, -0.05) is 30.3 Å². The van der Waals surface area contributed by atoms with E-state index in [2.05, 4.69) is 35.6 Å². The maximum absolute atomic E-state index is 5.07. The second kappa shape index (κ2) is 3.80. The number of hydrogen-bond acceptors (Lipinski definition) is 2. The molecule has 2 nitrogen and oxygen atoms in total. The molecule has 0 spiro atoms. The summed E-state index contributed by atoms with van der Waals surface area (Å²) in [5, 5.41) is 3.63. The molecule has 16 heavy (non-hydrogen) atoms. The van der Waals surface area contributed by atoms with Crippen molar-refractivity contribution in [1.82, 2.24) is 5.32 Å². The summed E-state index contributed by atoms with van der Waals surface area (Å²) in [5.74, 6) is 0. The fraction of sp³-hybridized carbons (Fsp3) is 0.286. The van der Waals surface area contributed by atoms with Crippen LogP contribution in [0.1, 0.15) is 24.0 Å². The molecule has 0 unspecified atom stereocenters. The lowest BCUT2D eigenvalue weighted by molar-refractivity contribution is 0.511. The van der Waals surface area contributed by atoms with Crippen LogP contribution in [0.5, 0.6) is 0 Å². The van der Waals surface area contributed by atoms with Crippen molar-refractivity contribution in [2.75, 3.05) is 0 Å². The van der Waals surface area contributed by atoms with E-state index in [1.165, 1.54) is 24.0 Å². The number of hydrogen-bond donors (Lipinski definition) is 1. The van der Waals surface area contributed by atoms with Gasteiger partial charge in [-0.2, -0.15) is 0 Å². The molecule has 1 aliphatic carbocycles. The van der Waals surface area contributed by atoms with E-state index in [0.29, 0.717) is 0 Å². The van der Waals surface area contributed by atoms with Gasteiger partial charge in [-0.05, 0) is 24.5 Å². The van der Waals surface area contributed by atoms with E-state index in [0.717, 1.165) is 6.54 Å². The van der Waals surface area contributed by atoms with Crippen molar-refractivity contribution in [3.8, 4) is 0 Å². The summed E-state index contributed by atoms with van der Waals surface area (Å²) in [4.78, 5) is 0. The van der Waals surface area contributed by atoms with Crippen LogP contribution < -0.4 is 5.32 Å². The fourth-order valence-electron chi connectivity index (χ4n) is 2.11. The SMILES string of the molecule is c1ccc(C2(NCc3ccoc3)CC2)cc1. The van der Waals surface area contributed by atoms with Crippen molar-refractivity contribution in [1.29, 1.82) is 0 Å². The van der Waals surface area contributed by atoms with Gasteiger partial charge in [0.2, 0.25) is 0 Å². The van der Waals surface area contributed by atoms with Gasteiger partial charge in [0, 0.05) is 17.6 Å². The molecule has 2 heteroatoms. The van der Waals surface area contributed by atoms with Crippen molar-refractivity contribution < 1.29 is 4.42 Å². The standard InChI is InChI=1S/C14H15NO/c1-2-4-13(5-3-1)14(7-8-14)15-10-12-6-9-16-11-12/h1-6,9,11,15H,7-8,10H2. The van der Waals surface area contributed by atoms with Crippen molar-refractivity contribution in [3.63, 3.8) is 0 Å². The van der Waals surface area contributed by atoms with Crippen molar-refractivity contribution >= 4 is 0 Å². The van der Waals surface area contributed by atoms with Gasteiger partial charge in [0.1, 0.15) is 0 Å². The van der Waals surface area contributed by atoms with E-state index in [9.17, 15) is 0 Å². The van der Waals surface area contributed by atoms with Crippen molar-refractivity contribution in [3.05, 3.63) is 60.1 Å². The maximum Gasteiger partial charge on any atom is 0.0947 e. The molecule has 1 N–H and O–H groups in total. The Bertz CT molecular complexity index is 443. The summed E-state index contributed by atoms with van der Waals surface area (Å²) < 4.78 is 5.07. The third kappa shape index (κ3) is 1.76. The summed E-state index contributed by atoms with van der Waals surface area (Å²) >= 11 is 0. The number of nitrogens with one attached hydrogen (secondary N) is 1. The molecule has 82 valence electrons. The molecule has 3 rings (SSSR count). The van der Waals surface area contributed by atoms with Crippen LogP contribution in [0, 0.1) is 0 Å². The Hall–Kier alpha value is -1.54. The van der Waals surface area contributed by atoms with E-state index < -0.39 is 0 Å². The van der Waals surface area contributed by atoms with Crippen LogP contribution in [-0.2, 0) is 12.1 Å². The van der Waals surface area contributed by atoms with Gasteiger partial charge in [-0.3, -0.25) is 0 Å². The topological polar surface area (TPSA) is 25.2 Å². The minimum absolute atomic E-state index is 0.221. The van der Waals surface area contributed by atoms with E-state index in [-0.39, 0.29) is 5.54 Å². The summed E-state index contributed by atoms with van der Waals surface area (Å²) in [6, 6.07) is 12.7. The van der Waals surface area contributed by atoms with Gasteiger partial charge < -0.3 is 9.73 Å². The Morgan fingerprint density at radius 1 is 1.12 bits per heavy atom. The zero-order valence-corrected chi connectivity index (χ0v) is 9.15. The Balaban J connectivity index is 1.71. The molecule has 0 saturated heterocycles. The minimum atomic E-state index is 0.221. The highest BCUT2D eigenvalue weighted by Crippen LogP contribution is 2.45. The van der Waals surface area contributed by atoms with Crippen molar-refractivity contribution in [2.24, 2.45) is 0 Å². The number of furan rings is 1. The highest BCUT2D eigenvalue weighted by Gasteiger charge is 2.43. The zero-order valence-electron chi connectivity index (χ0n) is 9.15. The molecule has 2 aromatic rings. The molecular formula is C14H15NO. The van der Waals surface area contributed by atoms with E-state index >= 15 is 0 Å². The third-order valence-corrected chi connectivity index (χ3v) is 3.29. The average molecular weight is 213 g/mol. The fourth-order valence-corrected chi connectivity index (χ4v) is 2.11. The molecule has 1 fully saturated rings. The van der Waals surface area contributed by atoms with Crippen LogP contribution in [-0.4, -0.2) is 0 Å². The quantitative estimate of drug-likeness (QED) is 0.844. The molecule has 1 saturated carbocycles. The lowest BCUT2D eigenvalue weighted by Gasteiger charge is -2.17. The predicted octanol–water partition coefficient (Wildman–Crippen LogP) is 3.06. The van der Waals surface area contributed by atoms with Crippen LogP contribution >= 0.6 is 0 Å². The van der Waals surface area contributed by atoms with E-state index in [4.69, 9.17) is 4.42 Å². The van der Waals surface area contributed by atoms with Crippen LogP contribution in [0.2, 0.25) is 0 Å². The van der Waals surface area contributed by atoms with Gasteiger partial charge >= 0.3 is 0 Å². The summed E-state index contributed by atoms with van der Waals surface area (Å²) in [6.45, 7) is 0.880. The normalized spacial score (nSPS) is 17.2. The number of benzene rings is 1. The molecule has 1 heterocycles. The Labute approximate surface area is 95.3 Å². The highest BCUT2D eigenvalue weighted by molar-refractivity contribution is 5.30. The number of rotatable bonds is 4. The van der Waals surface area contributed by atoms with Gasteiger partial charge in [-0.25, -0.2) is 0 Å². The van der Waals surface area contributed by atoms with Crippen molar-refractivity contribution in [2.45, 2.75) is 24.9 Å². The van der Waals surface area contributed by atoms with Crippen LogP contribution in [0.15, 0.2) is 53.3 Å². The molecule has 0 amide bonds. The summed E-state index contributed by atoms with van der Waals surface area (Å²) in [7, 11) is 0. The lowest BCUT2D eigenvalue weighted by Crippen LogP contribution is -2.28. The zero-order chi connectivity index (χ0) is 10.8. The lowest BCUT2D eigenvalue weighted by atomic mass is 10.0. The molecular weight excluding hydrogens is 198 g/mol. The molecule has 1 aliphatic rings. The molecule has 0 bridgehead atoms. The maximum atomic E-state index is 5.07. The second-order valence-electron chi connectivity index (χ2n) is 4.43. The van der Waals surface area contributed by atoms with E-state index in [1.807, 2.05) is 6.07 Å². The monoisotopic (exact) mass is 213 g/mol. The molecule has 0 radical (unpaired) electrons. The smallest absolute Gasteiger partial charge is 0.0947 e. The van der Waals surface area contributed by atoms with Crippen LogP contribution in [0.4, 0.5) is 0 Å². The first-order valence-corrected chi connectivity index (χ1v) is 5.71. The van der Waals surface area contributed by atoms with Gasteiger partial charge in [0.05, 0.1) is 12.5 Å². The largest absolute Gasteiger partial charge is 0.472 e. The Morgan fingerprint density at radius 2 is 1.94 bits per heavy atom. The average Bonchev–Trinajstić information content (AvgIpc) is 2.96. The Kier molecular flexibility index (Phi) is 2.29. The minimum Gasteiger partial charge on any atom is -0.472 e. The van der Waals surface area contributed by atoms with Gasteiger partial charge in [0.25, 0.3) is 0 Å². The molecule has 1 aromatic carbocycles. The first-order valence-electron chi connectivity index (χ1n) is 5.71.